The molecule has 3 aromatic rings. The van der Waals surface area contributed by atoms with Crippen molar-refractivity contribution in [1.29, 1.82) is 0 Å². The predicted molar refractivity (Wildman–Crippen MR) is 111 cm³/mol. The molecule has 0 amide bonds. The lowest BCUT2D eigenvalue weighted by molar-refractivity contribution is -0.0696. The molecule has 0 atom stereocenters. The van der Waals surface area contributed by atoms with Crippen LogP contribution in [0.25, 0.3) is 11.1 Å². The Hall–Kier alpha value is -3.57. The van der Waals surface area contributed by atoms with Gasteiger partial charge >= 0.3 is 6.18 Å². The lowest BCUT2D eigenvalue weighted by atomic mass is 10.0. The maximum Gasteiger partial charge on any atom is 0.458 e. The van der Waals surface area contributed by atoms with Gasteiger partial charge in [-0.2, -0.15) is 13.2 Å². The van der Waals surface area contributed by atoms with Crippen molar-refractivity contribution in [3.63, 3.8) is 0 Å². The molecule has 0 heterocycles. The van der Waals surface area contributed by atoms with E-state index in [1.165, 1.54) is 11.5 Å². The summed E-state index contributed by atoms with van der Waals surface area (Å²) < 4.78 is 64.7. The Bertz CT molecular complexity index is 1160. The van der Waals surface area contributed by atoms with E-state index in [0.717, 1.165) is 42.0 Å². The maximum atomic E-state index is 14.1. The van der Waals surface area contributed by atoms with Crippen molar-refractivity contribution >= 4 is 0 Å². The summed E-state index contributed by atoms with van der Waals surface area (Å²) in [5, 5.41) is 0. The Morgan fingerprint density at radius 1 is 0.710 bits per heavy atom. The van der Waals surface area contributed by atoms with E-state index in [1.807, 2.05) is 24.3 Å². The molecule has 5 heteroatoms. The smallest absolute Gasteiger partial charge is 0.205 e. The monoisotopic (exact) mass is 424 g/mol. The van der Waals surface area contributed by atoms with E-state index in [-0.39, 0.29) is 5.56 Å². The van der Waals surface area contributed by atoms with E-state index in [1.54, 1.807) is 24.3 Å². The molecule has 0 radical (unpaired) electrons. The average Bonchev–Trinajstić information content (AvgIpc) is 2.72. The van der Waals surface area contributed by atoms with E-state index in [4.69, 9.17) is 0 Å². The van der Waals surface area contributed by atoms with Gasteiger partial charge in [-0.1, -0.05) is 55.4 Å². The van der Waals surface area contributed by atoms with Gasteiger partial charge in [-0.15, -0.1) is 0 Å². The molecule has 0 unspecified atom stereocenters. The summed E-state index contributed by atoms with van der Waals surface area (Å²) in [6.07, 6.45) is -2.73. The molecule has 0 spiro atoms. The van der Waals surface area contributed by atoms with Crippen LogP contribution in [0.1, 0.15) is 35.6 Å². The zero-order valence-corrected chi connectivity index (χ0v) is 16.6. The Morgan fingerprint density at radius 3 is 1.71 bits per heavy atom. The number of alkyl halides is 3. The van der Waals surface area contributed by atoms with Gasteiger partial charge < -0.3 is 0 Å². The molecule has 0 fully saturated rings. The second-order valence-electron chi connectivity index (χ2n) is 6.84. The van der Waals surface area contributed by atoms with Gasteiger partial charge in [0.2, 0.25) is 0 Å². The zero-order chi connectivity index (χ0) is 22.4. The van der Waals surface area contributed by atoms with E-state index in [2.05, 4.69) is 18.8 Å². The van der Waals surface area contributed by atoms with Crippen LogP contribution in [0.5, 0.6) is 0 Å². The predicted octanol–water partition coefficient (Wildman–Crippen LogP) is 6.90. The molecule has 0 aromatic heterocycles. The van der Waals surface area contributed by atoms with Crippen LogP contribution < -0.4 is 0 Å². The molecule has 3 rings (SSSR count). The summed E-state index contributed by atoms with van der Waals surface area (Å²) >= 11 is 0. The van der Waals surface area contributed by atoms with Crippen molar-refractivity contribution < 1.29 is 22.0 Å². The molecule has 0 nitrogen and oxygen atoms in total. The number of benzene rings is 3. The summed E-state index contributed by atoms with van der Waals surface area (Å²) in [7, 11) is 0. The third kappa shape index (κ3) is 6.20. The fourth-order valence-electron chi connectivity index (χ4n) is 2.93. The van der Waals surface area contributed by atoms with Gasteiger partial charge in [0.15, 0.2) is 0 Å². The second kappa shape index (κ2) is 9.49. The molecular weight excluding hydrogens is 407 g/mol. The normalized spacial score (nSPS) is 10.6. The van der Waals surface area contributed by atoms with Crippen LogP contribution in [0.4, 0.5) is 22.0 Å². The Balaban J connectivity index is 1.79. The highest BCUT2D eigenvalue weighted by molar-refractivity contribution is 5.66. The number of rotatable bonds is 3. The Labute approximate surface area is 177 Å². The minimum Gasteiger partial charge on any atom is -0.205 e. The summed E-state index contributed by atoms with van der Waals surface area (Å²) in [4.78, 5) is 0. The molecule has 31 heavy (non-hydrogen) atoms. The van der Waals surface area contributed by atoms with Gasteiger partial charge in [0.05, 0.1) is 5.56 Å². The number of hydrogen-bond donors (Lipinski definition) is 0. The summed E-state index contributed by atoms with van der Waals surface area (Å²) in [5.41, 5.74) is 2.64. The van der Waals surface area contributed by atoms with Crippen LogP contribution in [0, 0.1) is 35.3 Å². The standard InChI is InChI=1S/C26H17F5/c1-2-3-18-4-6-19(7-5-18)8-9-20-10-12-21(13-11-20)22-16-24(27)23(25(28)17-22)14-15-26(29,30)31/h4-7,10-13,16-17H,2-3H2,1H3. The average molecular weight is 424 g/mol. The molecule has 3 aromatic carbocycles. The highest BCUT2D eigenvalue weighted by atomic mass is 19.4. The molecule has 0 bridgehead atoms. The van der Waals surface area contributed by atoms with Crippen molar-refractivity contribution in [2.75, 3.05) is 0 Å². The first-order valence-corrected chi connectivity index (χ1v) is 9.55. The van der Waals surface area contributed by atoms with Gasteiger partial charge in [-0.25, -0.2) is 8.78 Å². The van der Waals surface area contributed by atoms with Crippen molar-refractivity contribution in [2.45, 2.75) is 25.9 Å². The maximum absolute atomic E-state index is 14.1. The van der Waals surface area contributed by atoms with Gasteiger partial charge in [-0.05, 0) is 59.5 Å². The molecular formula is C26H17F5. The quantitative estimate of drug-likeness (QED) is 0.317. The van der Waals surface area contributed by atoms with Crippen molar-refractivity contribution in [1.82, 2.24) is 0 Å². The first-order chi connectivity index (χ1) is 14.7. The summed E-state index contributed by atoms with van der Waals surface area (Å²) in [6.45, 7) is 2.12. The van der Waals surface area contributed by atoms with Crippen molar-refractivity contribution in [3.05, 3.63) is 94.6 Å². The van der Waals surface area contributed by atoms with E-state index in [0.29, 0.717) is 5.56 Å². The Kier molecular flexibility index (Phi) is 6.78. The summed E-state index contributed by atoms with van der Waals surface area (Å²) in [6, 6.07) is 16.6. The fraction of sp³-hybridized carbons (Fsp3) is 0.154. The minimum absolute atomic E-state index is 0.193. The van der Waals surface area contributed by atoms with E-state index in [9.17, 15) is 22.0 Å². The number of halogens is 5. The van der Waals surface area contributed by atoms with Crippen LogP contribution in [0.3, 0.4) is 0 Å². The van der Waals surface area contributed by atoms with Crippen LogP contribution >= 0.6 is 0 Å². The third-order valence-corrected chi connectivity index (χ3v) is 4.43. The zero-order valence-electron chi connectivity index (χ0n) is 16.6. The highest BCUT2D eigenvalue weighted by Crippen LogP contribution is 2.25. The van der Waals surface area contributed by atoms with Crippen LogP contribution in [0.15, 0.2) is 60.7 Å². The van der Waals surface area contributed by atoms with Gasteiger partial charge in [0, 0.05) is 17.0 Å². The van der Waals surface area contributed by atoms with E-state index < -0.39 is 23.4 Å². The van der Waals surface area contributed by atoms with Crippen LogP contribution in [-0.4, -0.2) is 6.18 Å². The lowest BCUT2D eigenvalue weighted by Crippen LogP contribution is -2.02. The van der Waals surface area contributed by atoms with Crippen molar-refractivity contribution in [2.24, 2.45) is 0 Å². The SMILES string of the molecule is CCCc1ccc(C#Cc2ccc(-c3cc(F)c(C#CC(F)(F)F)c(F)c3)cc2)cc1. The first kappa shape index (κ1) is 22.1. The lowest BCUT2D eigenvalue weighted by Gasteiger charge is -2.05. The molecule has 0 saturated carbocycles. The molecule has 0 N–H and O–H groups in total. The molecule has 0 aliphatic carbocycles. The molecule has 156 valence electrons. The van der Waals surface area contributed by atoms with Gasteiger partial charge in [0.1, 0.15) is 11.6 Å². The number of hydrogen-bond acceptors (Lipinski definition) is 0. The third-order valence-electron chi connectivity index (χ3n) is 4.43. The van der Waals surface area contributed by atoms with Crippen LogP contribution in [-0.2, 0) is 6.42 Å². The summed E-state index contributed by atoms with van der Waals surface area (Å²) in [5.74, 6) is 6.18. The van der Waals surface area contributed by atoms with Gasteiger partial charge in [0.25, 0.3) is 0 Å². The Morgan fingerprint density at radius 2 is 1.23 bits per heavy atom. The second-order valence-corrected chi connectivity index (χ2v) is 6.84. The largest absolute Gasteiger partial charge is 0.458 e. The van der Waals surface area contributed by atoms with E-state index >= 15 is 0 Å². The first-order valence-electron chi connectivity index (χ1n) is 9.55. The van der Waals surface area contributed by atoms with Gasteiger partial charge in [-0.3, -0.25) is 0 Å². The topological polar surface area (TPSA) is 0 Å². The van der Waals surface area contributed by atoms with Crippen LogP contribution in [0.2, 0.25) is 0 Å². The molecule has 0 aliphatic heterocycles. The number of aryl methyl sites for hydroxylation is 1. The minimum atomic E-state index is -4.83. The fourth-order valence-corrected chi connectivity index (χ4v) is 2.93. The van der Waals surface area contributed by atoms with Crippen molar-refractivity contribution in [3.8, 4) is 34.8 Å². The molecule has 0 aliphatic rings. The molecule has 0 saturated heterocycles. The highest BCUT2D eigenvalue weighted by Gasteiger charge is 2.23.